The highest BCUT2D eigenvalue weighted by Gasteiger charge is 2.39. The average Bonchev–Trinajstić information content (AvgIpc) is 2.65. The van der Waals surface area contributed by atoms with Gasteiger partial charge in [0, 0.05) is 17.5 Å². The van der Waals surface area contributed by atoms with Crippen molar-refractivity contribution in [1.29, 1.82) is 0 Å². The Labute approximate surface area is 166 Å². The number of benzene rings is 2. The fraction of sp³-hybridized carbons (Fsp3) is 0.375. The molecule has 3 radical (unpaired) electrons. The van der Waals surface area contributed by atoms with Gasteiger partial charge in [-0.1, -0.05) is 58.0 Å². The molecule has 0 aliphatic heterocycles. The third kappa shape index (κ3) is 3.85. The van der Waals surface area contributed by atoms with E-state index in [0.29, 0.717) is 5.92 Å². The average molecular weight is 375 g/mol. The van der Waals surface area contributed by atoms with E-state index in [2.05, 4.69) is 98.6 Å². The van der Waals surface area contributed by atoms with Crippen molar-refractivity contribution in [2.75, 3.05) is 0 Å². The molecule has 0 fully saturated rings. The second kappa shape index (κ2) is 7.21. The quantitative estimate of drug-likeness (QED) is 0.507. The summed E-state index contributed by atoms with van der Waals surface area (Å²) >= 11 is 0. The molecule has 3 rings (SSSR count). The Bertz CT molecular complexity index is 943. The molecule has 2 aromatic carbocycles. The maximum atomic E-state index is 5.86. The van der Waals surface area contributed by atoms with Crippen molar-refractivity contribution in [3.63, 3.8) is 0 Å². The standard InChI is InChI=1S/C24H28NOSi/c1-16-7-8-21(15-25-16)19-9-10-20-14-22(12-11-18(20)13-19)24(6,26-27)17(2)23(3,4)5/h7-15,17H,1-6H3. The largest absolute Gasteiger partial charge is 0.409 e. The van der Waals surface area contributed by atoms with Crippen LogP contribution in [0.5, 0.6) is 0 Å². The minimum atomic E-state index is -0.414. The van der Waals surface area contributed by atoms with Gasteiger partial charge in [-0.3, -0.25) is 4.98 Å². The molecular formula is C24H28NOSi. The Morgan fingerprint density at radius 3 is 2.11 bits per heavy atom. The van der Waals surface area contributed by atoms with Crippen LogP contribution >= 0.6 is 0 Å². The molecule has 0 bridgehead atoms. The highest BCUT2D eigenvalue weighted by molar-refractivity contribution is 5.98. The van der Waals surface area contributed by atoms with Crippen LogP contribution < -0.4 is 0 Å². The lowest BCUT2D eigenvalue weighted by atomic mass is 9.69. The molecule has 0 N–H and O–H groups in total. The van der Waals surface area contributed by atoms with Gasteiger partial charge in [-0.15, -0.1) is 0 Å². The molecular weight excluding hydrogens is 346 g/mol. The smallest absolute Gasteiger partial charge is 0.247 e. The first-order valence-corrected chi connectivity index (χ1v) is 9.88. The first-order valence-electron chi connectivity index (χ1n) is 9.47. The first-order chi connectivity index (χ1) is 12.6. The highest BCUT2D eigenvalue weighted by Crippen LogP contribution is 2.43. The first kappa shape index (κ1) is 19.8. The van der Waals surface area contributed by atoms with E-state index in [0.717, 1.165) is 11.3 Å². The SMILES string of the molecule is Cc1ccc(-c2ccc3cc(C(C)(O[Si])C(C)C(C)(C)C)ccc3c2)cn1. The zero-order chi connectivity index (χ0) is 19.8. The topological polar surface area (TPSA) is 22.1 Å². The summed E-state index contributed by atoms with van der Waals surface area (Å²) in [5, 5.41) is 2.43. The Kier molecular flexibility index (Phi) is 5.28. The Morgan fingerprint density at radius 1 is 0.889 bits per heavy atom. The Balaban J connectivity index is 2.03. The summed E-state index contributed by atoms with van der Waals surface area (Å²) in [5.74, 6) is 0.317. The van der Waals surface area contributed by atoms with Crippen molar-refractivity contribution in [3.05, 3.63) is 66.0 Å². The van der Waals surface area contributed by atoms with E-state index in [1.807, 2.05) is 13.1 Å². The van der Waals surface area contributed by atoms with Crippen molar-refractivity contribution >= 4 is 21.3 Å². The number of aromatic nitrogens is 1. The van der Waals surface area contributed by atoms with Gasteiger partial charge in [-0.2, -0.15) is 0 Å². The summed E-state index contributed by atoms with van der Waals surface area (Å²) in [7, 11) is 3.36. The van der Waals surface area contributed by atoms with E-state index in [4.69, 9.17) is 4.43 Å². The molecule has 139 valence electrons. The molecule has 0 aliphatic carbocycles. The molecule has 3 heteroatoms. The number of rotatable bonds is 4. The second-order valence-electron chi connectivity index (χ2n) is 8.76. The minimum absolute atomic E-state index is 0.124. The summed E-state index contributed by atoms with van der Waals surface area (Å²) in [6.45, 7) is 13.2. The van der Waals surface area contributed by atoms with Gasteiger partial charge < -0.3 is 4.43 Å². The van der Waals surface area contributed by atoms with Gasteiger partial charge in [0.05, 0.1) is 5.60 Å². The van der Waals surface area contributed by atoms with Crippen molar-refractivity contribution in [2.24, 2.45) is 11.3 Å². The zero-order valence-electron chi connectivity index (χ0n) is 17.1. The van der Waals surface area contributed by atoms with Gasteiger partial charge >= 0.3 is 0 Å². The molecule has 0 saturated heterocycles. The third-order valence-corrected chi connectivity index (χ3v) is 6.42. The monoisotopic (exact) mass is 374 g/mol. The van der Waals surface area contributed by atoms with E-state index in [-0.39, 0.29) is 5.41 Å². The minimum Gasteiger partial charge on any atom is -0.409 e. The molecule has 2 atom stereocenters. The molecule has 0 spiro atoms. The van der Waals surface area contributed by atoms with Crippen LogP contribution in [-0.2, 0) is 10.0 Å². The van der Waals surface area contributed by atoms with Crippen molar-refractivity contribution in [3.8, 4) is 11.1 Å². The van der Waals surface area contributed by atoms with Crippen LogP contribution in [0.4, 0.5) is 0 Å². The third-order valence-electron chi connectivity index (χ3n) is 6.00. The molecule has 1 heterocycles. The molecule has 2 unspecified atom stereocenters. The summed E-state index contributed by atoms with van der Waals surface area (Å²) in [6.07, 6.45) is 1.94. The predicted molar refractivity (Wildman–Crippen MR) is 115 cm³/mol. The predicted octanol–water partition coefficient (Wildman–Crippen LogP) is 6.21. The maximum Gasteiger partial charge on any atom is 0.247 e. The summed E-state index contributed by atoms with van der Waals surface area (Å²) in [5.41, 5.74) is 4.25. The normalized spacial score (nSPS) is 15.5. The molecule has 0 amide bonds. The van der Waals surface area contributed by atoms with Gasteiger partial charge in [0.2, 0.25) is 10.5 Å². The van der Waals surface area contributed by atoms with Gasteiger partial charge in [-0.25, -0.2) is 0 Å². The number of aryl methyl sites for hydroxylation is 1. The van der Waals surface area contributed by atoms with Crippen LogP contribution in [0.1, 0.15) is 45.9 Å². The molecule has 0 saturated carbocycles. The van der Waals surface area contributed by atoms with Crippen molar-refractivity contribution in [2.45, 2.75) is 47.1 Å². The fourth-order valence-electron chi connectivity index (χ4n) is 3.60. The maximum absolute atomic E-state index is 5.86. The van der Waals surface area contributed by atoms with Gasteiger partial charge in [0.25, 0.3) is 0 Å². The molecule has 3 aromatic rings. The van der Waals surface area contributed by atoms with E-state index in [1.54, 1.807) is 0 Å². The van der Waals surface area contributed by atoms with Crippen LogP contribution in [0.2, 0.25) is 0 Å². The van der Waals surface area contributed by atoms with Gasteiger partial charge in [0.1, 0.15) is 0 Å². The van der Waals surface area contributed by atoms with E-state index >= 15 is 0 Å². The van der Waals surface area contributed by atoms with Crippen LogP contribution in [0, 0.1) is 18.3 Å². The second-order valence-corrected chi connectivity index (χ2v) is 8.97. The number of nitrogens with zero attached hydrogens (tertiary/aromatic N) is 1. The van der Waals surface area contributed by atoms with Crippen LogP contribution in [0.25, 0.3) is 21.9 Å². The van der Waals surface area contributed by atoms with Gasteiger partial charge in [0.15, 0.2) is 0 Å². The van der Waals surface area contributed by atoms with Gasteiger partial charge in [-0.05, 0) is 65.3 Å². The molecule has 27 heavy (non-hydrogen) atoms. The molecule has 1 aromatic heterocycles. The zero-order valence-corrected chi connectivity index (χ0v) is 18.1. The fourth-order valence-corrected chi connectivity index (χ4v) is 3.89. The molecule has 0 aliphatic rings. The number of pyridine rings is 1. The van der Waals surface area contributed by atoms with E-state index in [1.165, 1.54) is 21.9 Å². The molecule has 2 nitrogen and oxygen atoms in total. The van der Waals surface area contributed by atoms with Crippen molar-refractivity contribution < 1.29 is 4.43 Å². The Morgan fingerprint density at radius 2 is 1.52 bits per heavy atom. The van der Waals surface area contributed by atoms with E-state index < -0.39 is 5.60 Å². The lowest BCUT2D eigenvalue weighted by Crippen LogP contribution is -2.40. The number of hydrogen-bond donors (Lipinski definition) is 0. The number of hydrogen-bond acceptors (Lipinski definition) is 2. The van der Waals surface area contributed by atoms with Crippen LogP contribution in [-0.4, -0.2) is 15.5 Å². The number of fused-ring (bicyclic) bond motifs is 1. The lowest BCUT2D eigenvalue weighted by molar-refractivity contribution is -0.0147. The highest BCUT2D eigenvalue weighted by atomic mass is 28.2. The van der Waals surface area contributed by atoms with E-state index in [9.17, 15) is 0 Å². The van der Waals surface area contributed by atoms with Crippen LogP contribution in [0.3, 0.4) is 0 Å². The summed E-state index contributed by atoms with van der Waals surface area (Å²) in [4.78, 5) is 4.41. The summed E-state index contributed by atoms with van der Waals surface area (Å²) < 4.78 is 5.86. The lowest BCUT2D eigenvalue weighted by Gasteiger charge is -2.43. The Hall–Kier alpha value is -1.97. The van der Waals surface area contributed by atoms with Crippen molar-refractivity contribution in [1.82, 2.24) is 4.98 Å². The van der Waals surface area contributed by atoms with Crippen LogP contribution in [0.15, 0.2) is 54.7 Å². The summed E-state index contributed by atoms with van der Waals surface area (Å²) in [6, 6.07) is 17.4.